The van der Waals surface area contributed by atoms with Gasteiger partial charge in [0.2, 0.25) is 17.8 Å². The van der Waals surface area contributed by atoms with E-state index in [9.17, 15) is 31.1 Å². The van der Waals surface area contributed by atoms with Crippen LogP contribution in [0.25, 0.3) is 0 Å². The molecule has 3 heterocycles. The van der Waals surface area contributed by atoms with Crippen LogP contribution in [0.2, 0.25) is 0 Å². The molecule has 0 spiro atoms. The molecule has 1 aliphatic heterocycles. The van der Waals surface area contributed by atoms with Gasteiger partial charge < -0.3 is 19.9 Å². The minimum Gasteiger partial charge on any atom is -0.454 e. The lowest BCUT2D eigenvalue weighted by atomic mass is 10.2. The normalized spacial score (nSPS) is 14.4. The Labute approximate surface area is 225 Å². The van der Waals surface area contributed by atoms with E-state index in [0.29, 0.717) is 19.6 Å². The molecule has 3 aromatic rings. The van der Waals surface area contributed by atoms with E-state index in [2.05, 4.69) is 25.4 Å². The third-order valence-electron chi connectivity index (χ3n) is 5.97. The number of aromatic nitrogens is 5. The molecule has 0 atom stereocenters. The Hall–Kier alpha value is -4.11. The Kier molecular flexibility index (Phi) is 8.34. The summed E-state index contributed by atoms with van der Waals surface area (Å²) in [6.45, 7) is 3.66. The Bertz CT molecular complexity index is 1340. The van der Waals surface area contributed by atoms with Crippen molar-refractivity contribution in [3.63, 3.8) is 0 Å². The van der Waals surface area contributed by atoms with Gasteiger partial charge in [0.05, 0.1) is 11.3 Å². The molecule has 0 radical (unpaired) electrons. The second-order valence-electron chi connectivity index (χ2n) is 9.12. The van der Waals surface area contributed by atoms with Gasteiger partial charge in [-0.3, -0.25) is 9.48 Å². The minimum atomic E-state index is -4.67. The number of halogens is 6. The molecule has 1 N–H and O–H groups in total. The fourth-order valence-electron chi connectivity index (χ4n) is 4.07. The number of carbonyl (C=O) groups is 1. The number of carbonyl (C=O) groups excluding carboxylic acids is 1. The summed E-state index contributed by atoms with van der Waals surface area (Å²) in [5.41, 5.74) is 0.838. The first-order valence-corrected chi connectivity index (χ1v) is 12.2. The highest BCUT2D eigenvalue weighted by atomic mass is 19.4. The van der Waals surface area contributed by atoms with Crippen LogP contribution in [0, 0.1) is 13.8 Å². The van der Waals surface area contributed by atoms with Crippen LogP contribution >= 0.6 is 0 Å². The van der Waals surface area contributed by atoms with Crippen molar-refractivity contribution in [1.29, 1.82) is 0 Å². The number of nitrogens with zero attached hydrogens (tertiary/aromatic N) is 7. The highest BCUT2D eigenvalue weighted by Crippen LogP contribution is 2.31. The first-order chi connectivity index (χ1) is 18.8. The predicted molar refractivity (Wildman–Crippen MR) is 131 cm³/mol. The Morgan fingerprint density at radius 3 is 2.35 bits per heavy atom. The number of anilines is 3. The number of nitrogens with one attached hydrogen (secondary N) is 1. The van der Waals surface area contributed by atoms with Gasteiger partial charge in [-0.15, -0.1) is 0 Å². The molecule has 4 rings (SSSR count). The van der Waals surface area contributed by atoms with E-state index in [1.807, 2.05) is 19.9 Å². The summed E-state index contributed by atoms with van der Waals surface area (Å²) in [6.07, 6.45) is -9.02. The van der Waals surface area contributed by atoms with Crippen LogP contribution in [-0.2, 0) is 17.5 Å². The van der Waals surface area contributed by atoms with Crippen molar-refractivity contribution in [2.45, 2.75) is 39.2 Å². The lowest BCUT2D eigenvalue weighted by Crippen LogP contribution is -2.49. The van der Waals surface area contributed by atoms with Gasteiger partial charge in [-0.05, 0) is 38.1 Å². The maximum atomic E-state index is 13.1. The molecule has 1 fully saturated rings. The summed E-state index contributed by atoms with van der Waals surface area (Å²) in [5, 5.41) is 6.92. The second-order valence-corrected chi connectivity index (χ2v) is 9.12. The molecule has 0 bridgehead atoms. The average Bonchev–Trinajstić information content (AvgIpc) is 3.21. The van der Waals surface area contributed by atoms with Crippen LogP contribution in [0.1, 0.15) is 23.4 Å². The number of benzene rings is 1. The van der Waals surface area contributed by atoms with E-state index in [-0.39, 0.29) is 43.0 Å². The highest BCUT2D eigenvalue weighted by molar-refractivity contribution is 5.76. The largest absolute Gasteiger partial charge is 0.454 e. The van der Waals surface area contributed by atoms with Crippen molar-refractivity contribution in [2.75, 3.05) is 43.0 Å². The minimum absolute atomic E-state index is 0.0354. The molecule has 216 valence electrons. The molecular formula is C24H26F6N8O2. The van der Waals surface area contributed by atoms with E-state index in [4.69, 9.17) is 4.74 Å². The van der Waals surface area contributed by atoms with Gasteiger partial charge in [0.25, 0.3) is 0 Å². The van der Waals surface area contributed by atoms with Crippen LogP contribution in [0.3, 0.4) is 0 Å². The van der Waals surface area contributed by atoms with Crippen molar-refractivity contribution >= 4 is 23.5 Å². The highest BCUT2D eigenvalue weighted by Gasteiger charge is 2.31. The SMILES string of the molecule is Cc1cc(C)n(CCC(=O)N2CCN(c3nc(Nc4cccc(C(F)(F)F)c4)nc(OCC(F)(F)F)n3)CC2)n1. The fraction of sp³-hybridized carbons (Fsp3) is 0.458. The standard InChI is InChI=1S/C24H26F6N8O2/c1-15-12-16(2)38(35-15)7-6-19(39)36-8-10-37(11-9-36)21-32-20(33-22(34-21)40-14-23(25,26)27)31-18-5-3-4-17(13-18)24(28,29)30/h3-5,12-13H,6-11,14H2,1-2H3,(H,31,32,33,34). The third kappa shape index (κ3) is 7.72. The number of amides is 1. The number of aryl methyl sites for hydroxylation is 3. The van der Waals surface area contributed by atoms with E-state index in [0.717, 1.165) is 23.5 Å². The monoisotopic (exact) mass is 572 g/mol. The Balaban J connectivity index is 1.46. The van der Waals surface area contributed by atoms with Crippen molar-refractivity contribution in [3.8, 4) is 6.01 Å². The lowest BCUT2D eigenvalue weighted by molar-refractivity contribution is -0.154. The summed E-state index contributed by atoms with van der Waals surface area (Å²) in [4.78, 5) is 27.9. The van der Waals surface area contributed by atoms with Gasteiger partial charge in [0.1, 0.15) is 0 Å². The Morgan fingerprint density at radius 2 is 1.73 bits per heavy atom. The molecule has 1 aromatic carbocycles. The first-order valence-electron chi connectivity index (χ1n) is 12.2. The van der Waals surface area contributed by atoms with Gasteiger partial charge in [-0.2, -0.15) is 46.4 Å². The van der Waals surface area contributed by atoms with Gasteiger partial charge in [0.15, 0.2) is 6.61 Å². The number of alkyl halides is 6. The zero-order valence-electron chi connectivity index (χ0n) is 21.6. The quantitative estimate of drug-likeness (QED) is 0.403. The molecule has 16 heteroatoms. The van der Waals surface area contributed by atoms with E-state index in [1.54, 1.807) is 14.5 Å². The van der Waals surface area contributed by atoms with E-state index < -0.39 is 30.5 Å². The molecule has 1 saturated heterocycles. The van der Waals surface area contributed by atoms with Gasteiger partial charge in [0, 0.05) is 50.5 Å². The molecular weight excluding hydrogens is 546 g/mol. The maximum absolute atomic E-state index is 13.1. The zero-order valence-corrected chi connectivity index (χ0v) is 21.6. The van der Waals surface area contributed by atoms with Crippen molar-refractivity contribution in [3.05, 3.63) is 47.3 Å². The second kappa shape index (κ2) is 11.6. The number of ether oxygens (including phenoxy) is 1. The zero-order chi connectivity index (χ0) is 29.1. The van der Waals surface area contributed by atoms with Gasteiger partial charge >= 0.3 is 18.4 Å². The molecule has 10 nitrogen and oxygen atoms in total. The predicted octanol–water partition coefficient (Wildman–Crippen LogP) is 4.13. The molecule has 1 aliphatic rings. The summed E-state index contributed by atoms with van der Waals surface area (Å²) >= 11 is 0. The lowest BCUT2D eigenvalue weighted by Gasteiger charge is -2.35. The molecule has 0 unspecified atom stereocenters. The van der Waals surface area contributed by atoms with E-state index >= 15 is 0 Å². The van der Waals surface area contributed by atoms with Crippen LogP contribution in [-0.4, -0.2) is 74.5 Å². The topological polar surface area (TPSA) is 101 Å². The molecule has 40 heavy (non-hydrogen) atoms. The van der Waals surface area contributed by atoms with E-state index in [1.165, 1.54) is 12.1 Å². The smallest absolute Gasteiger partial charge is 0.422 e. The molecule has 1 amide bonds. The number of hydrogen-bond donors (Lipinski definition) is 1. The molecule has 0 aliphatic carbocycles. The van der Waals surface area contributed by atoms with Crippen LogP contribution in [0.4, 0.5) is 43.9 Å². The number of rotatable bonds is 8. The summed E-state index contributed by atoms with van der Waals surface area (Å²) in [6, 6.07) is 5.45. The maximum Gasteiger partial charge on any atom is 0.422 e. The van der Waals surface area contributed by atoms with Crippen LogP contribution < -0.4 is 15.0 Å². The summed E-state index contributed by atoms with van der Waals surface area (Å²) in [5.74, 6) is -0.426. The number of piperazine rings is 1. The van der Waals surface area contributed by atoms with Crippen molar-refractivity contribution in [1.82, 2.24) is 29.6 Å². The first kappa shape index (κ1) is 28.9. The fourth-order valence-corrected chi connectivity index (χ4v) is 4.07. The van der Waals surface area contributed by atoms with Crippen molar-refractivity contribution < 1.29 is 35.9 Å². The number of hydrogen-bond acceptors (Lipinski definition) is 8. The summed E-state index contributed by atoms with van der Waals surface area (Å²) in [7, 11) is 0. The van der Waals surface area contributed by atoms with Gasteiger partial charge in [-0.1, -0.05) is 6.07 Å². The molecule has 2 aromatic heterocycles. The average molecular weight is 573 g/mol. The Morgan fingerprint density at radius 1 is 1.00 bits per heavy atom. The third-order valence-corrected chi connectivity index (χ3v) is 5.97. The summed E-state index contributed by atoms with van der Waals surface area (Å²) < 4.78 is 84.0. The van der Waals surface area contributed by atoms with Crippen LogP contribution in [0.15, 0.2) is 30.3 Å². The van der Waals surface area contributed by atoms with Crippen LogP contribution in [0.5, 0.6) is 6.01 Å². The van der Waals surface area contributed by atoms with Gasteiger partial charge in [-0.25, -0.2) is 0 Å². The van der Waals surface area contributed by atoms with Crippen molar-refractivity contribution in [2.24, 2.45) is 0 Å². The molecule has 0 saturated carbocycles.